The lowest BCUT2D eigenvalue weighted by molar-refractivity contribution is -0.735. The first kappa shape index (κ1) is 16.6. The molecule has 2 aromatic heterocycles. The molecule has 5 rings (SSSR count). The molecule has 0 saturated heterocycles. The highest BCUT2D eigenvalue weighted by atomic mass is 15.2. The van der Waals surface area contributed by atoms with Gasteiger partial charge in [0.15, 0.2) is 11.2 Å². The van der Waals surface area contributed by atoms with Crippen molar-refractivity contribution < 1.29 is 4.57 Å². The van der Waals surface area contributed by atoms with Crippen LogP contribution in [0.3, 0.4) is 0 Å². The summed E-state index contributed by atoms with van der Waals surface area (Å²) in [6.07, 6.45) is 0. The maximum Gasteiger partial charge on any atom is 0.259 e. The zero-order chi connectivity index (χ0) is 19.2. The van der Waals surface area contributed by atoms with Crippen LogP contribution in [-0.2, 0) is 5.54 Å². The first-order valence-electron chi connectivity index (χ1n) is 9.83. The van der Waals surface area contributed by atoms with Gasteiger partial charge in [-0.3, -0.25) is 0 Å². The van der Waals surface area contributed by atoms with Gasteiger partial charge in [0.25, 0.3) is 5.82 Å². The Morgan fingerprint density at radius 1 is 0.815 bits per heavy atom. The summed E-state index contributed by atoms with van der Waals surface area (Å²) < 4.78 is 5.05. The Morgan fingerprint density at radius 3 is 2.26 bits per heavy atom. The molecule has 27 heavy (non-hydrogen) atoms. The molecule has 0 bridgehead atoms. The second-order valence-corrected chi connectivity index (χ2v) is 8.64. The average Bonchev–Trinajstić information content (AvgIpc) is 3.09. The van der Waals surface area contributed by atoms with Gasteiger partial charge in [-0.15, -0.1) is 0 Å². The van der Waals surface area contributed by atoms with E-state index in [-0.39, 0.29) is 5.54 Å². The van der Waals surface area contributed by atoms with Crippen LogP contribution in [-0.4, -0.2) is 4.40 Å². The van der Waals surface area contributed by atoms with Gasteiger partial charge in [0.2, 0.25) is 0 Å². The van der Waals surface area contributed by atoms with Crippen molar-refractivity contribution in [1.29, 1.82) is 0 Å². The van der Waals surface area contributed by atoms with Gasteiger partial charge in [-0.1, -0.05) is 30.3 Å². The van der Waals surface area contributed by atoms with Crippen molar-refractivity contribution in [2.24, 2.45) is 0 Å². The Balaban J connectivity index is 2.06. The minimum Gasteiger partial charge on any atom is -0.217 e. The maximum absolute atomic E-state index is 2.57. The Bertz CT molecular complexity index is 1290. The summed E-state index contributed by atoms with van der Waals surface area (Å²) in [5.41, 5.74) is 11.1. The molecule has 0 aliphatic carbocycles. The molecule has 0 N–H and O–H groups in total. The van der Waals surface area contributed by atoms with E-state index in [1.165, 1.54) is 61.3 Å². The minimum atomic E-state index is -0.0810. The summed E-state index contributed by atoms with van der Waals surface area (Å²) in [5.74, 6) is 1.31. The molecule has 4 aromatic rings. The Labute approximate surface area is 161 Å². The van der Waals surface area contributed by atoms with Gasteiger partial charge >= 0.3 is 0 Å². The normalized spacial score (nSPS) is 14.8. The van der Waals surface area contributed by atoms with E-state index in [2.05, 4.69) is 93.8 Å². The lowest BCUT2D eigenvalue weighted by atomic mass is 9.87. The molecule has 0 unspecified atom stereocenters. The molecular weight excluding hydrogens is 328 g/mol. The molecule has 0 fully saturated rings. The molecule has 0 amide bonds. The average molecular weight is 356 g/mol. The van der Waals surface area contributed by atoms with E-state index in [9.17, 15) is 0 Å². The van der Waals surface area contributed by atoms with Crippen LogP contribution in [0.5, 0.6) is 0 Å². The van der Waals surface area contributed by atoms with Gasteiger partial charge in [0, 0.05) is 23.6 Å². The smallest absolute Gasteiger partial charge is 0.217 e. The minimum absolute atomic E-state index is 0.0810. The molecule has 0 radical (unpaired) electrons. The number of aryl methyl sites for hydroxylation is 3. The van der Waals surface area contributed by atoms with Crippen LogP contribution in [0.2, 0.25) is 0 Å². The van der Waals surface area contributed by atoms with Crippen molar-refractivity contribution in [1.82, 2.24) is 4.40 Å². The van der Waals surface area contributed by atoms with Crippen molar-refractivity contribution in [3.05, 3.63) is 70.2 Å². The second kappa shape index (κ2) is 5.01. The van der Waals surface area contributed by atoms with Crippen LogP contribution < -0.4 is 4.57 Å². The molecule has 3 heterocycles. The van der Waals surface area contributed by atoms with E-state index in [1.807, 2.05) is 0 Å². The molecule has 2 aromatic carbocycles. The third-order valence-corrected chi connectivity index (χ3v) is 7.03. The third-order valence-electron chi connectivity index (χ3n) is 7.03. The second-order valence-electron chi connectivity index (χ2n) is 8.64. The zero-order valence-corrected chi connectivity index (χ0v) is 17.4. The first-order valence-corrected chi connectivity index (χ1v) is 9.83. The predicted molar refractivity (Wildman–Crippen MR) is 113 cm³/mol. The highest BCUT2D eigenvalue weighted by Gasteiger charge is 2.47. The van der Waals surface area contributed by atoms with E-state index >= 15 is 0 Å². The highest BCUT2D eigenvalue weighted by Crippen LogP contribution is 2.45. The van der Waals surface area contributed by atoms with Crippen LogP contribution in [0.1, 0.15) is 47.6 Å². The standard InChI is InChI=1S/C25H27N2/c1-14-15(2)17(4)26-18(5)27-24(23(26)16(14)3)21-13-12-19-10-8-9-11-20(19)22(21)25(27,6)7/h8-13H,1-7H3/q+1. The summed E-state index contributed by atoms with van der Waals surface area (Å²) in [4.78, 5) is 0. The quantitative estimate of drug-likeness (QED) is 0.358. The van der Waals surface area contributed by atoms with Crippen LogP contribution in [0, 0.1) is 34.6 Å². The molecule has 0 atom stereocenters. The van der Waals surface area contributed by atoms with Gasteiger partial charge in [0.05, 0.1) is 0 Å². The zero-order valence-electron chi connectivity index (χ0n) is 17.4. The maximum atomic E-state index is 2.57. The topological polar surface area (TPSA) is 8.29 Å². The molecule has 2 heteroatoms. The van der Waals surface area contributed by atoms with Gasteiger partial charge in [-0.2, -0.15) is 4.40 Å². The van der Waals surface area contributed by atoms with E-state index in [0.29, 0.717) is 0 Å². The van der Waals surface area contributed by atoms with Gasteiger partial charge in [0.1, 0.15) is 11.2 Å². The number of pyridine rings is 1. The first-order chi connectivity index (χ1) is 12.8. The fraction of sp³-hybridized carbons (Fsp3) is 0.320. The number of aromatic nitrogens is 2. The lowest BCUT2D eigenvalue weighted by Crippen LogP contribution is -2.51. The summed E-state index contributed by atoms with van der Waals surface area (Å²) >= 11 is 0. The molecule has 0 spiro atoms. The monoisotopic (exact) mass is 355 g/mol. The molecule has 1 aliphatic heterocycles. The van der Waals surface area contributed by atoms with Crippen LogP contribution in [0.4, 0.5) is 0 Å². The van der Waals surface area contributed by atoms with Crippen molar-refractivity contribution in [3.8, 4) is 11.3 Å². The van der Waals surface area contributed by atoms with Crippen molar-refractivity contribution >= 4 is 16.3 Å². The molecule has 0 saturated carbocycles. The number of rotatable bonds is 0. The van der Waals surface area contributed by atoms with Gasteiger partial charge in [-0.05, 0) is 69.5 Å². The Hall–Kier alpha value is -2.61. The number of imidazole rings is 1. The van der Waals surface area contributed by atoms with Crippen molar-refractivity contribution in [2.45, 2.75) is 54.0 Å². The van der Waals surface area contributed by atoms with E-state index in [4.69, 9.17) is 0 Å². The van der Waals surface area contributed by atoms with E-state index < -0.39 is 0 Å². The van der Waals surface area contributed by atoms with E-state index in [1.54, 1.807) is 0 Å². The molecule has 2 nitrogen and oxygen atoms in total. The van der Waals surface area contributed by atoms with Crippen molar-refractivity contribution in [2.75, 3.05) is 0 Å². The van der Waals surface area contributed by atoms with Crippen LogP contribution >= 0.6 is 0 Å². The van der Waals surface area contributed by atoms with Crippen molar-refractivity contribution in [3.63, 3.8) is 0 Å². The lowest BCUT2D eigenvalue weighted by Gasteiger charge is -2.20. The predicted octanol–water partition coefficient (Wildman–Crippen LogP) is 5.69. The molecule has 136 valence electrons. The Kier molecular flexibility index (Phi) is 3.07. The number of hydrogen-bond acceptors (Lipinski definition) is 0. The van der Waals surface area contributed by atoms with Gasteiger partial charge < -0.3 is 0 Å². The summed E-state index contributed by atoms with van der Waals surface area (Å²) in [6, 6.07) is 13.4. The number of hydrogen-bond donors (Lipinski definition) is 0. The van der Waals surface area contributed by atoms with Crippen LogP contribution in [0.25, 0.3) is 27.5 Å². The summed E-state index contributed by atoms with van der Waals surface area (Å²) in [7, 11) is 0. The molecule has 1 aliphatic rings. The third kappa shape index (κ3) is 1.79. The summed E-state index contributed by atoms with van der Waals surface area (Å²) in [6.45, 7) is 16.1. The summed E-state index contributed by atoms with van der Waals surface area (Å²) in [5, 5.41) is 2.70. The highest BCUT2D eigenvalue weighted by molar-refractivity contribution is 5.96. The van der Waals surface area contributed by atoms with Gasteiger partial charge in [-0.25, -0.2) is 4.57 Å². The van der Waals surface area contributed by atoms with E-state index in [0.717, 1.165) is 0 Å². The number of fused-ring (bicyclic) bond motifs is 7. The van der Waals surface area contributed by atoms with Crippen LogP contribution in [0.15, 0.2) is 36.4 Å². The molecular formula is C25H27N2+. The largest absolute Gasteiger partial charge is 0.259 e. The Morgan fingerprint density at radius 2 is 1.52 bits per heavy atom. The number of benzene rings is 2. The fourth-order valence-corrected chi connectivity index (χ4v) is 5.46. The SMILES string of the molecule is Cc1c(C)c(C)n2c(C)[n+]3c(c2c1C)-c1ccc2ccccc2c1C3(C)C. The fourth-order valence-electron chi connectivity index (χ4n) is 5.46. The number of nitrogens with zero attached hydrogens (tertiary/aromatic N) is 2.